The average Bonchev–Trinajstić information content (AvgIpc) is 3.63. The fraction of sp³-hybridized carbons (Fsp3) is 0.385. The molecule has 9 nitrogen and oxygen atoms in total. The molecule has 0 spiro atoms. The van der Waals surface area contributed by atoms with Gasteiger partial charge in [-0.3, -0.25) is 9.48 Å². The smallest absolute Gasteiger partial charge is 0.383 e. The number of carbonyl (C=O) groups excluding carboxylic acids is 1. The molecule has 0 radical (unpaired) electrons. The third-order valence-electron chi connectivity index (χ3n) is 7.40. The zero-order valence-electron chi connectivity index (χ0n) is 24.2. The molecule has 214 valence electrons. The van der Waals surface area contributed by atoms with Crippen LogP contribution in [0.4, 0.5) is 38.0 Å². The molecule has 3 N–H and O–H groups in total. The van der Waals surface area contributed by atoms with E-state index < -0.39 is 54.9 Å². The molecule has 3 aromatic heterocycles. The second-order valence-electron chi connectivity index (χ2n) is 10.2. The highest BCUT2D eigenvalue weighted by atomic mass is 19.4. The summed E-state index contributed by atoms with van der Waals surface area (Å²) in [5, 5.41) is 6.89. The summed E-state index contributed by atoms with van der Waals surface area (Å²) in [4.78, 5) is 30.3. The first-order valence-electron chi connectivity index (χ1n) is 13.9. The lowest BCUT2D eigenvalue weighted by molar-refractivity contribution is -0.284. The quantitative estimate of drug-likeness (QED) is 0.314. The highest BCUT2D eigenvalue weighted by Crippen LogP contribution is 2.47. The van der Waals surface area contributed by atoms with Crippen molar-refractivity contribution in [2.75, 3.05) is 11.1 Å². The normalized spacial score (nSPS) is 20.5. The number of nitrogens with zero attached hydrogens (tertiary/aromatic N) is 6. The Balaban J connectivity index is 1.55. The number of hydrogen-bond donors (Lipinski definition) is 2. The number of benzene rings is 1. The summed E-state index contributed by atoms with van der Waals surface area (Å²) in [6.45, 7) is -1.36. The van der Waals surface area contributed by atoms with E-state index in [2.05, 4.69) is 30.4 Å². The predicted octanol–water partition coefficient (Wildman–Crippen LogP) is 4.81. The summed E-state index contributed by atoms with van der Waals surface area (Å²) >= 11 is 0. The van der Waals surface area contributed by atoms with Gasteiger partial charge in [-0.1, -0.05) is 12.1 Å². The van der Waals surface area contributed by atoms with Gasteiger partial charge < -0.3 is 11.1 Å². The van der Waals surface area contributed by atoms with Gasteiger partial charge in [-0.25, -0.2) is 24.3 Å². The Morgan fingerprint density at radius 2 is 1.83 bits per heavy atom. The lowest BCUT2D eigenvalue weighted by Gasteiger charge is -2.23. The molecule has 15 heteroatoms. The zero-order valence-corrected chi connectivity index (χ0v) is 21.2. The molecule has 4 heterocycles. The molecule has 1 aromatic carbocycles. The number of fused-ring (bicyclic) bond motifs is 2. The fourth-order valence-corrected chi connectivity index (χ4v) is 4.99. The van der Waals surface area contributed by atoms with Crippen molar-refractivity contribution in [2.24, 2.45) is 6.98 Å². The number of amides is 1. The largest absolute Gasteiger partial charge is 0.453 e. The lowest BCUT2D eigenvalue weighted by atomic mass is 9.78. The fourth-order valence-electron chi connectivity index (χ4n) is 4.99. The van der Waals surface area contributed by atoms with Crippen molar-refractivity contribution >= 4 is 28.6 Å². The summed E-state index contributed by atoms with van der Waals surface area (Å²) in [5.74, 6) is -7.42. The summed E-state index contributed by atoms with van der Waals surface area (Å²) < 4.78 is 104. The molecule has 1 unspecified atom stereocenters. The average molecular weight is 580 g/mol. The Morgan fingerprint density at radius 1 is 1.12 bits per heavy atom. The number of halogens is 6. The maximum Gasteiger partial charge on any atom is 0.453 e. The van der Waals surface area contributed by atoms with E-state index in [0.717, 1.165) is 0 Å². The van der Waals surface area contributed by atoms with Gasteiger partial charge in [0.2, 0.25) is 5.91 Å². The van der Waals surface area contributed by atoms with E-state index >= 15 is 0 Å². The van der Waals surface area contributed by atoms with Gasteiger partial charge in [0.05, 0.1) is 16.6 Å². The van der Waals surface area contributed by atoms with Crippen LogP contribution in [-0.4, -0.2) is 47.7 Å². The molecule has 1 amide bonds. The molecule has 2 aliphatic rings. The first-order chi connectivity index (χ1) is 20.4. The number of nitrogen functional groups attached to an aromatic ring is 1. The van der Waals surface area contributed by atoms with E-state index in [1.165, 1.54) is 31.2 Å². The van der Waals surface area contributed by atoms with Crippen LogP contribution in [0.3, 0.4) is 0 Å². The molecule has 1 atom stereocenters. The van der Waals surface area contributed by atoms with Crippen LogP contribution < -0.4 is 11.1 Å². The minimum absolute atomic E-state index is 0.0440. The predicted molar refractivity (Wildman–Crippen MR) is 135 cm³/mol. The maximum atomic E-state index is 13.8. The SMILES string of the molecule is [2H]C([2H])([2H])n1nc(C2CC2)c2c(-c3nc(N)c4c(n3)NC(=O)C4(C)c3ccc(F)cc3)nc(CCC(F)(F)C(F)(F)F)nc21. The molecular formula is C26H22F6N8O. The number of aryl methyl sites for hydroxylation is 2. The Morgan fingerprint density at radius 3 is 2.46 bits per heavy atom. The van der Waals surface area contributed by atoms with Gasteiger partial charge in [0, 0.05) is 29.8 Å². The zero-order chi connectivity index (χ0) is 32.0. The number of alkyl halides is 5. The van der Waals surface area contributed by atoms with E-state index in [1.807, 2.05) is 0 Å². The van der Waals surface area contributed by atoms with Crippen molar-refractivity contribution in [1.82, 2.24) is 29.7 Å². The summed E-state index contributed by atoms with van der Waals surface area (Å²) in [6.07, 6.45) is -7.23. The number of nitrogens with two attached hydrogens (primary N) is 1. The Hall–Kier alpha value is -4.30. The van der Waals surface area contributed by atoms with Crippen molar-refractivity contribution < 1.29 is 35.2 Å². The van der Waals surface area contributed by atoms with E-state index in [-0.39, 0.29) is 51.4 Å². The highest BCUT2D eigenvalue weighted by Gasteiger charge is 2.56. The topological polar surface area (TPSA) is 124 Å². The van der Waals surface area contributed by atoms with Gasteiger partial charge >= 0.3 is 12.1 Å². The van der Waals surface area contributed by atoms with Gasteiger partial charge in [-0.15, -0.1) is 0 Å². The number of aromatic nitrogens is 6. The summed E-state index contributed by atoms with van der Waals surface area (Å²) in [6, 6.07) is 5.14. The minimum Gasteiger partial charge on any atom is -0.383 e. The van der Waals surface area contributed by atoms with Gasteiger partial charge in [-0.05, 0) is 37.5 Å². The van der Waals surface area contributed by atoms with Gasteiger partial charge in [0.1, 0.15) is 34.4 Å². The second kappa shape index (κ2) is 8.85. The minimum atomic E-state index is -5.83. The van der Waals surface area contributed by atoms with E-state index in [1.54, 1.807) is 0 Å². The lowest BCUT2D eigenvalue weighted by Crippen LogP contribution is -2.36. The molecule has 1 fully saturated rings. The van der Waals surface area contributed by atoms with Crippen molar-refractivity contribution in [3.05, 3.63) is 52.7 Å². The molecule has 1 aliphatic carbocycles. The summed E-state index contributed by atoms with van der Waals surface area (Å²) in [5.41, 5.74) is 5.19. The second-order valence-corrected chi connectivity index (χ2v) is 10.2. The van der Waals surface area contributed by atoms with Gasteiger partial charge in [0.15, 0.2) is 11.5 Å². The van der Waals surface area contributed by atoms with Crippen molar-refractivity contribution in [3.63, 3.8) is 0 Å². The van der Waals surface area contributed by atoms with Crippen LogP contribution in [0.5, 0.6) is 0 Å². The van der Waals surface area contributed by atoms with Crippen LogP contribution in [-0.2, 0) is 23.6 Å². The highest BCUT2D eigenvalue weighted by molar-refractivity contribution is 6.09. The Bertz CT molecular complexity index is 1820. The van der Waals surface area contributed by atoms with Crippen LogP contribution in [0.1, 0.15) is 58.9 Å². The number of nitrogens with one attached hydrogen (secondary N) is 1. The third kappa shape index (κ3) is 4.25. The first-order valence-corrected chi connectivity index (χ1v) is 12.4. The molecule has 0 saturated heterocycles. The van der Waals surface area contributed by atoms with Crippen LogP contribution in [0, 0.1) is 5.82 Å². The van der Waals surface area contributed by atoms with Crippen LogP contribution in [0.15, 0.2) is 24.3 Å². The van der Waals surface area contributed by atoms with E-state index in [9.17, 15) is 31.1 Å². The van der Waals surface area contributed by atoms with Crippen molar-refractivity contribution in [3.8, 4) is 11.5 Å². The van der Waals surface area contributed by atoms with E-state index in [4.69, 9.17) is 9.85 Å². The molecule has 1 aliphatic heterocycles. The molecule has 4 aromatic rings. The number of rotatable bonds is 6. The van der Waals surface area contributed by atoms with Crippen LogP contribution in [0.25, 0.3) is 22.6 Å². The number of carbonyl (C=O) groups is 1. The number of hydrogen-bond acceptors (Lipinski definition) is 7. The van der Waals surface area contributed by atoms with Gasteiger partial charge in [0.25, 0.3) is 0 Å². The third-order valence-corrected chi connectivity index (χ3v) is 7.40. The number of anilines is 2. The molecule has 0 bridgehead atoms. The van der Waals surface area contributed by atoms with E-state index in [0.29, 0.717) is 23.1 Å². The van der Waals surface area contributed by atoms with Crippen molar-refractivity contribution in [2.45, 2.75) is 56.0 Å². The summed E-state index contributed by atoms with van der Waals surface area (Å²) in [7, 11) is 0. The van der Waals surface area contributed by atoms with Crippen LogP contribution >= 0.6 is 0 Å². The maximum absolute atomic E-state index is 13.8. The molecule has 41 heavy (non-hydrogen) atoms. The molecule has 6 rings (SSSR count). The Labute approximate surface area is 232 Å². The Kier molecular flexibility index (Phi) is 5.05. The molecular weight excluding hydrogens is 554 g/mol. The monoisotopic (exact) mass is 579 g/mol. The van der Waals surface area contributed by atoms with Crippen molar-refractivity contribution in [1.29, 1.82) is 0 Å². The van der Waals surface area contributed by atoms with Gasteiger partial charge in [-0.2, -0.15) is 27.1 Å². The van der Waals surface area contributed by atoms with Crippen LogP contribution in [0.2, 0.25) is 0 Å². The molecule has 1 saturated carbocycles. The first kappa shape index (κ1) is 23.4. The standard InChI is InChI=1S/C26H22F6N8O/c1-24(12-5-7-13(27)8-6-12)16-19(33)36-21(37-20(16)38-23(24)41)18-15-17(11-3-4-11)39-40(2)22(15)35-14(34-18)9-10-25(28,29)26(30,31)32/h5-8,11H,3-4,9-10H2,1-2H3,(H3,33,36,37,38,41)/i2D3.